The third-order valence-corrected chi connectivity index (χ3v) is 6.72. The van der Waals surface area contributed by atoms with Crippen LogP contribution >= 0.6 is 0 Å². The largest absolute Gasteiger partial charge is 0.493 e. The summed E-state index contributed by atoms with van der Waals surface area (Å²) in [4.78, 5) is 18.3. The molecule has 0 amide bonds. The second-order valence-corrected chi connectivity index (χ2v) is 9.46. The highest BCUT2D eigenvalue weighted by Gasteiger charge is 2.21. The topological polar surface area (TPSA) is 107 Å². The second kappa shape index (κ2) is 11.1. The van der Waals surface area contributed by atoms with Crippen molar-refractivity contribution >= 4 is 10.9 Å². The van der Waals surface area contributed by atoms with Crippen LogP contribution < -0.4 is 15.0 Å². The number of benzene rings is 2. The number of nitrogens with zero attached hydrogens (tertiary/aromatic N) is 5. The number of ether oxygens (including phenoxy) is 3. The predicted molar refractivity (Wildman–Crippen MR) is 139 cm³/mol. The maximum Gasteiger partial charge on any atom is 0.252 e. The number of nitrogens with one attached hydrogen (secondary N) is 1. The van der Waals surface area contributed by atoms with Crippen molar-refractivity contribution in [3.63, 3.8) is 0 Å². The van der Waals surface area contributed by atoms with E-state index in [9.17, 15) is 4.79 Å². The average Bonchev–Trinajstić information content (AvgIpc) is 3.57. The fourth-order valence-electron chi connectivity index (χ4n) is 4.72. The average molecular weight is 505 g/mol. The van der Waals surface area contributed by atoms with E-state index in [4.69, 9.17) is 14.2 Å². The number of fused-ring (bicyclic) bond motifs is 1. The summed E-state index contributed by atoms with van der Waals surface area (Å²) < 4.78 is 18.5. The Morgan fingerprint density at radius 1 is 1.08 bits per heavy atom. The molecule has 1 N–H and O–H groups in total. The molecule has 2 aromatic heterocycles. The summed E-state index contributed by atoms with van der Waals surface area (Å²) in [5.41, 5.74) is 3.54. The molecule has 0 unspecified atom stereocenters. The van der Waals surface area contributed by atoms with Crippen molar-refractivity contribution in [1.82, 2.24) is 30.1 Å². The number of pyridine rings is 1. The second-order valence-electron chi connectivity index (χ2n) is 9.46. The van der Waals surface area contributed by atoms with Crippen LogP contribution in [-0.2, 0) is 30.9 Å². The lowest BCUT2D eigenvalue weighted by Gasteiger charge is -2.22. The van der Waals surface area contributed by atoms with E-state index in [2.05, 4.69) is 56.6 Å². The maximum absolute atomic E-state index is 13.1. The van der Waals surface area contributed by atoms with Crippen LogP contribution in [0, 0.1) is 6.92 Å². The van der Waals surface area contributed by atoms with Crippen LogP contribution in [0.5, 0.6) is 11.5 Å². The zero-order valence-corrected chi connectivity index (χ0v) is 21.4. The Balaban J connectivity index is 1.44. The number of hydrogen-bond acceptors (Lipinski definition) is 8. The molecule has 1 aliphatic heterocycles. The van der Waals surface area contributed by atoms with E-state index in [1.807, 2.05) is 16.8 Å². The zero-order chi connectivity index (χ0) is 25.8. The first-order chi connectivity index (χ1) is 18.0. The fraction of sp³-hybridized carbons (Fsp3) is 0.407. The van der Waals surface area contributed by atoms with Gasteiger partial charge in [0, 0.05) is 36.7 Å². The number of hydrogen-bond donors (Lipinski definition) is 1. The molecule has 1 aliphatic rings. The van der Waals surface area contributed by atoms with Crippen molar-refractivity contribution in [2.75, 3.05) is 20.8 Å². The van der Waals surface area contributed by atoms with Crippen LogP contribution in [0.3, 0.4) is 0 Å². The van der Waals surface area contributed by atoms with Crippen LogP contribution in [0.25, 0.3) is 10.9 Å². The molecule has 1 fully saturated rings. The van der Waals surface area contributed by atoms with Gasteiger partial charge in [0.1, 0.15) is 0 Å². The molecule has 5 rings (SSSR count). The quantitative estimate of drug-likeness (QED) is 0.351. The number of methoxy groups -OCH3 is 2. The van der Waals surface area contributed by atoms with Gasteiger partial charge in [0.25, 0.3) is 5.56 Å². The Kier molecular flexibility index (Phi) is 7.47. The van der Waals surface area contributed by atoms with Crippen molar-refractivity contribution < 1.29 is 14.2 Å². The van der Waals surface area contributed by atoms with Crippen LogP contribution in [0.15, 0.2) is 47.3 Å². The minimum atomic E-state index is -0.146. The van der Waals surface area contributed by atoms with E-state index >= 15 is 0 Å². The van der Waals surface area contributed by atoms with Gasteiger partial charge in [-0.3, -0.25) is 9.69 Å². The molecule has 3 heterocycles. The molecule has 0 radical (unpaired) electrons. The summed E-state index contributed by atoms with van der Waals surface area (Å²) in [5, 5.41) is 13.3. The zero-order valence-electron chi connectivity index (χ0n) is 21.4. The molecule has 0 aliphatic carbocycles. The van der Waals surface area contributed by atoms with E-state index in [1.165, 1.54) is 5.56 Å². The number of aromatic nitrogens is 5. The minimum Gasteiger partial charge on any atom is -0.493 e. The first kappa shape index (κ1) is 24.9. The number of aromatic amines is 1. The van der Waals surface area contributed by atoms with Gasteiger partial charge in [-0.1, -0.05) is 29.8 Å². The Labute approximate surface area is 215 Å². The van der Waals surface area contributed by atoms with Crippen LogP contribution in [0.2, 0.25) is 0 Å². The van der Waals surface area contributed by atoms with Crippen molar-refractivity contribution in [1.29, 1.82) is 0 Å². The van der Waals surface area contributed by atoms with Crippen LogP contribution in [0.4, 0.5) is 0 Å². The Bertz CT molecular complexity index is 1410. The number of tetrazole rings is 1. The van der Waals surface area contributed by atoms with Gasteiger partial charge in [0.05, 0.1) is 38.9 Å². The van der Waals surface area contributed by atoms with E-state index in [0.29, 0.717) is 48.8 Å². The lowest BCUT2D eigenvalue weighted by Crippen LogP contribution is -2.29. The molecule has 1 saturated heterocycles. The standard InChI is InChI=1S/C27H32N6O4/c1-18-6-8-19(9-7-18)14-32(17-26-29-30-31-33(26)16-22-5-4-10-37-22)15-21-11-20-12-24(35-2)25(36-3)13-23(20)28-27(21)34/h6-9,11-13,22H,4-5,10,14-17H2,1-3H3,(H,28,34)/t22-/m1/s1. The van der Waals surface area contributed by atoms with E-state index in [-0.39, 0.29) is 11.7 Å². The Hall–Kier alpha value is -3.76. The molecule has 0 bridgehead atoms. The molecule has 2 aromatic carbocycles. The summed E-state index contributed by atoms with van der Waals surface area (Å²) in [6.45, 7) is 5.01. The summed E-state index contributed by atoms with van der Waals surface area (Å²) in [6.07, 6.45) is 2.19. The number of aryl methyl sites for hydroxylation is 1. The highest BCUT2D eigenvalue weighted by atomic mass is 16.5. The molecule has 37 heavy (non-hydrogen) atoms. The third kappa shape index (κ3) is 5.81. The smallest absolute Gasteiger partial charge is 0.252 e. The van der Waals surface area contributed by atoms with Crippen molar-refractivity contribution in [2.24, 2.45) is 0 Å². The normalized spacial score (nSPS) is 15.5. The van der Waals surface area contributed by atoms with Gasteiger partial charge in [-0.25, -0.2) is 4.68 Å². The van der Waals surface area contributed by atoms with Gasteiger partial charge in [-0.15, -0.1) is 5.10 Å². The summed E-state index contributed by atoms with van der Waals surface area (Å²) in [6, 6.07) is 14.0. The van der Waals surface area contributed by atoms with Crippen molar-refractivity contribution in [3.05, 3.63) is 75.3 Å². The van der Waals surface area contributed by atoms with E-state index in [1.54, 1.807) is 20.3 Å². The molecular formula is C27H32N6O4. The summed E-state index contributed by atoms with van der Waals surface area (Å²) >= 11 is 0. The first-order valence-corrected chi connectivity index (χ1v) is 12.4. The maximum atomic E-state index is 13.1. The van der Waals surface area contributed by atoms with E-state index < -0.39 is 0 Å². The van der Waals surface area contributed by atoms with Gasteiger partial charge < -0.3 is 19.2 Å². The molecule has 1 atom stereocenters. The summed E-state index contributed by atoms with van der Waals surface area (Å²) in [5.74, 6) is 1.92. The Morgan fingerprint density at radius 2 is 1.86 bits per heavy atom. The SMILES string of the molecule is COc1cc2cc(CN(Cc3ccc(C)cc3)Cc3nnnn3C[C@H]3CCCO3)c(=O)[nH]c2cc1OC. The summed E-state index contributed by atoms with van der Waals surface area (Å²) in [7, 11) is 3.17. The number of H-pyrrole nitrogens is 1. The fourth-order valence-corrected chi connectivity index (χ4v) is 4.72. The van der Waals surface area contributed by atoms with Gasteiger partial charge in [-0.2, -0.15) is 0 Å². The van der Waals surface area contributed by atoms with Gasteiger partial charge in [-0.05, 0) is 47.9 Å². The lowest BCUT2D eigenvalue weighted by atomic mass is 10.1. The highest BCUT2D eigenvalue weighted by Crippen LogP contribution is 2.31. The molecule has 194 valence electrons. The molecule has 4 aromatic rings. The van der Waals surface area contributed by atoms with Gasteiger partial charge in [0.15, 0.2) is 17.3 Å². The van der Waals surface area contributed by atoms with Gasteiger partial charge in [0.2, 0.25) is 0 Å². The number of rotatable bonds is 10. The molecular weight excluding hydrogens is 472 g/mol. The molecule has 0 spiro atoms. The highest BCUT2D eigenvalue weighted by molar-refractivity contribution is 5.83. The monoisotopic (exact) mass is 504 g/mol. The van der Waals surface area contributed by atoms with Crippen molar-refractivity contribution in [3.8, 4) is 11.5 Å². The van der Waals surface area contributed by atoms with Gasteiger partial charge >= 0.3 is 0 Å². The molecule has 10 heteroatoms. The predicted octanol–water partition coefficient (Wildman–Crippen LogP) is 3.22. The molecule has 0 saturated carbocycles. The van der Waals surface area contributed by atoms with Crippen LogP contribution in [0.1, 0.15) is 35.4 Å². The van der Waals surface area contributed by atoms with Crippen molar-refractivity contribution in [2.45, 2.75) is 52.0 Å². The minimum absolute atomic E-state index is 0.128. The van der Waals surface area contributed by atoms with E-state index in [0.717, 1.165) is 36.2 Å². The third-order valence-electron chi connectivity index (χ3n) is 6.72. The first-order valence-electron chi connectivity index (χ1n) is 12.4. The Morgan fingerprint density at radius 3 is 2.59 bits per heavy atom. The van der Waals surface area contributed by atoms with Crippen LogP contribution in [-0.4, -0.2) is 57.0 Å². The molecule has 10 nitrogen and oxygen atoms in total. The lowest BCUT2D eigenvalue weighted by molar-refractivity contribution is 0.0914.